The summed E-state index contributed by atoms with van der Waals surface area (Å²) in [5.74, 6) is 1.11. The van der Waals surface area contributed by atoms with Crippen LogP contribution in [0.1, 0.15) is 20.3 Å². The molecule has 6 nitrogen and oxygen atoms in total. The number of benzene rings is 1. The van der Waals surface area contributed by atoms with Crippen molar-refractivity contribution < 1.29 is 9.53 Å². The van der Waals surface area contributed by atoms with Gasteiger partial charge < -0.3 is 10.1 Å². The van der Waals surface area contributed by atoms with Gasteiger partial charge in [-0.2, -0.15) is 5.10 Å². The number of fused-ring (bicyclic) bond motifs is 1. The average molecular weight is 356 g/mol. The number of aromatic nitrogens is 3. The van der Waals surface area contributed by atoms with Gasteiger partial charge in [-0.1, -0.05) is 0 Å². The monoisotopic (exact) mass is 356 g/mol. The van der Waals surface area contributed by atoms with Crippen LogP contribution < -0.4 is 10.1 Å². The summed E-state index contributed by atoms with van der Waals surface area (Å²) in [4.78, 5) is 15.9. The molecule has 1 saturated heterocycles. The van der Waals surface area contributed by atoms with Crippen molar-refractivity contribution >= 4 is 27.5 Å². The Morgan fingerprint density at radius 3 is 3.08 bits per heavy atom. The van der Waals surface area contributed by atoms with Crippen LogP contribution in [-0.4, -0.2) is 33.3 Å². The fourth-order valence-corrected chi connectivity index (χ4v) is 3.85. The number of amides is 1. The van der Waals surface area contributed by atoms with E-state index in [9.17, 15) is 4.79 Å². The van der Waals surface area contributed by atoms with Crippen LogP contribution in [0.2, 0.25) is 0 Å². The largest absolute Gasteiger partial charge is 0.489 e. The van der Waals surface area contributed by atoms with Gasteiger partial charge in [-0.25, -0.2) is 4.98 Å². The van der Waals surface area contributed by atoms with Crippen LogP contribution in [0.15, 0.2) is 29.9 Å². The Morgan fingerprint density at radius 1 is 1.48 bits per heavy atom. The lowest BCUT2D eigenvalue weighted by Crippen LogP contribution is -2.25. The molecule has 0 spiro atoms. The van der Waals surface area contributed by atoms with Gasteiger partial charge in [0.05, 0.1) is 21.4 Å². The van der Waals surface area contributed by atoms with Crippen LogP contribution in [0.3, 0.4) is 0 Å². The fraction of sp³-hybridized carbons (Fsp3) is 0.389. The Balaban J connectivity index is 1.67. The number of hydrogen-bond acceptors (Lipinski definition) is 5. The van der Waals surface area contributed by atoms with Gasteiger partial charge >= 0.3 is 0 Å². The van der Waals surface area contributed by atoms with Crippen molar-refractivity contribution in [1.82, 2.24) is 20.1 Å². The van der Waals surface area contributed by atoms with E-state index in [-0.39, 0.29) is 17.9 Å². The molecule has 3 aromatic rings. The molecular formula is C18H20N4O2S. The quantitative estimate of drug-likeness (QED) is 0.763. The third-order valence-electron chi connectivity index (χ3n) is 4.64. The van der Waals surface area contributed by atoms with Crippen molar-refractivity contribution in [2.24, 2.45) is 5.92 Å². The van der Waals surface area contributed by atoms with E-state index < -0.39 is 0 Å². The van der Waals surface area contributed by atoms with Gasteiger partial charge in [0.25, 0.3) is 0 Å². The van der Waals surface area contributed by atoms with E-state index in [0.29, 0.717) is 13.0 Å². The predicted molar refractivity (Wildman–Crippen MR) is 97.7 cm³/mol. The second-order valence-corrected chi connectivity index (χ2v) is 7.18. The number of nitrogens with zero attached hydrogens (tertiary/aromatic N) is 3. The molecule has 0 radical (unpaired) electrons. The molecule has 4 rings (SSSR count). The molecule has 1 aliphatic heterocycles. The van der Waals surface area contributed by atoms with E-state index in [4.69, 9.17) is 4.74 Å². The van der Waals surface area contributed by atoms with E-state index in [0.717, 1.165) is 33.8 Å². The van der Waals surface area contributed by atoms with Crippen molar-refractivity contribution in [3.05, 3.63) is 29.9 Å². The van der Waals surface area contributed by atoms with Gasteiger partial charge in [0.2, 0.25) is 5.91 Å². The van der Waals surface area contributed by atoms with Gasteiger partial charge in [-0.3, -0.25) is 9.48 Å². The lowest BCUT2D eigenvalue weighted by molar-refractivity contribution is -0.119. The van der Waals surface area contributed by atoms with Crippen molar-refractivity contribution in [1.29, 1.82) is 0 Å². The maximum Gasteiger partial charge on any atom is 0.220 e. The minimum atomic E-state index is -0.0484. The second-order valence-electron chi connectivity index (χ2n) is 6.32. The van der Waals surface area contributed by atoms with E-state index in [1.165, 1.54) is 0 Å². The zero-order valence-corrected chi connectivity index (χ0v) is 15.0. The summed E-state index contributed by atoms with van der Waals surface area (Å²) in [6.45, 7) is 5.60. The third kappa shape index (κ3) is 3.11. The maximum absolute atomic E-state index is 11.5. The summed E-state index contributed by atoms with van der Waals surface area (Å²) < 4.78 is 9.19. The maximum atomic E-state index is 11.5. The standard InChI is InChI=1S/C18H20N4O2S/c1-3-22-5-4-14(21-22)12-6-15-18(25-10-20-15)16(7-12)24-11(2)13-8-17(23)19-9-13/h4-7,10-11,13H,3,8-9H2,1-2H3,(H,19,23). The van der Waals surface area contributed by atoms with Gasteiger partial charge in [-0.15, -0.1) is 11.3 Å². The van der Waals surface area contributed by atoms with Gasteiger partial charge in [0.1, 0.15) is 11.9 Å². The average Bonchev–Trinajstić information content (AvgIpc) is 3.34. The molecule has 0 saturated carbocycles. The molecule has 1 fully saturated rings. The molecule has 1 N–H and O–H groups in total. The number of thiazole rings is 1. The van der Waals surface area contributed by atoms with Gasteiger partial charge in [-0.05, 0) is 32.0 Å². The third-order valence-corrected chi connectivity index (χ3v) is 5.50. The summed E-state index contributed by atoms with van der Waals surface area (Å²) >= 11 is 1.57. The number of carbonyl (C=O) groups excluding carboxylic acids is 1. The minimum Gasteiger partial charge on any atom is -0.489 e. The SMILES string of the molecule is CCn1ccc(-c2cc(OC(C)C3CNC(=O)C3)c3scnc3c2)n1. The first-order valence-electron chi connectivity index (χ1n) is 8.48. The van der Waals surface area contributed by atoms with E-state index in [1.54, 1.807) is 11.3 Å². The van der Waals surface area contributed by atoms with Crippen LogP contribution in [0.4, 0.5) is 0 Å². The molecule has 1 aliphatic rings. The van der Waals surface area contributed by atoms with E-state index in [2.05, 4.69) is 22.3 Å². The number of ether oxygens (including phenoxy) is 1. The molecule has 1 aromatic carbocycles. The normalized spacial score (nSPS) is 18.5. The smallest absolute Gasteiger partial charge is 0.220 e. The highest BCUT2D eigenvalue weighted by atomic mass is 32.1. The van der Waals surface area contributed by atoms with Crippen molar-refractivity contribution in [3.8, 4) is 17.0 Å². The number of aryl methyl sites for hydroxylation is 1. The topological polar surface area (TPSA) is 69.0 Å². The molecule has 2 aromatic heterocycles. The Morgan fingerprint density at radius 2 is 2.36 bits per heavy atom. The number of hydrogen-bond donors (Lipinski definition) is 1. The molecule has 2 unspecified atom stereocenters. The summed E-state index contributed by atoms with van der Waals surface area (Å²) in [7, 11) is 0. The summed E-state index contributed by atoms with van der Waals surface area (Å²) in [5.41, 5.74) is 4.65. The molecule has 2 atom stereocenters. The van der Waals surface area contributed by atoms with Crippen LogP contribution in [-0.2, 0) is 11.3 Å². The Labute approximate surface area is 149 Å². The minimum absolute atomic E-state index is 0.0484. The predicted octanol–water partition coefficient (Wildman–Crippen LogP) is 3.08. The molecule has 1 amide bonds. The van der Waals surface area contributed by atoms with Crippen LogP contribution in [0.5, 0.6) is 5.75 Å². The summed E-state index contributed by atoms with van der Waals surface area (Å²) in [6.07, 6.45) is 2.44. The molecule has 130 valence electrons. The summed E-state index contributed by atoms with van der Waals surface area (Å²) in [6, 6.07) is 6.08. The second kappa shape index (κ2) is 6.48. The molecule has 3 heterocycles. The Bertz CT molecular complexity index is 917. The van der Waals surface area contributed by atoms with Crippen molar-refractivity contribution in [2.75, 3.05) is 6.54 Å². The molecular weight excluding hydrogens is 336 g/mol. The molecule has 7 heteroatoms. The number of nitrogens with one attached hydrogen (secondary N) is 1. The number of carbonyl (C=O) groups is 1. The molecule has 25 heavy (non-hydrogen) atoms. The van der Waals surface area contributed by atoms with E-state index in [1.807, 2.05) is 41.5 Å². The first-order valence-corrected chi connectivity index (χ1v) is 9.36. The molecule has 0 aliphatic carbocycles. The van der Waals surface area contributed by atoms with Gasteiger partial charge in [0.15, 0.2) is 0 Å². The first-order chi connectivity index (χ1) is 12.1. The fourth-order valence-electron chi connectivity index (χ4n) is 3.12. The molecule has 0 bridgehead atoms. The lowest BCUT2D eigenvalue weighted by atomic mass is 10.0. The van der Waals surface area contributed by atoms with E-state index >= 15 is 0 Å². The first kappa shape index (κ1) is 16.1. The Kier molecular flexibility index (Phi) is 4.17. The van der Waals surface area contributed by atoms with Gasteiger partial charge in [0, 0.05) is 37.2 Å². The highest BCUT2D eigenvalue weighted by Gasteiger charge is 2.28. The Hall–Kier alpha value is -2.41. The highest BCUT2D eigenvalue weighted by molar-refractivity contribution is 7.17. The van der Waals surface area contributed by atoms with Crippen LogP contribution in [0, 0.1) is 5.92 Å². The summed E-state index contributed by atoms with van der Waals surface area (Å²) in [5, 5.41) is 7.45. The van der Waals surface area contributed by atoms with Crippen LogP contribution >= 0.6 is 11.3 Å². The van der Waals surface area contributed by atoms with Crippen molar-refractivity contribution in [2.45, 2.75) is 32.9 Å². The van der Waals surface area contributed by atoms with Crippen molar-refractivity contribution in [3.63, 3.8) is 0 Å². The lowest BCUT2D eigenvalue weighted by Gasteiger charge is -2.20. The highest BCUT2D eigenvalue weighted by Crippen LogP contribution is 2.35. The zero-order chi connectivity index (χ0) is 17.4. The zero-order valence-electron chi connectivity index (χ0n) is 14.2. The van der Waals surface area contributed by atoms with Crippen LogP contribution in [0.25, 0.3) is 21.5 Å². The number of rotatable bonds is 5.